The van der Waals surface area contributed by atoms with Gasteiger partial charge in [0, 0.05) is 6.54 Å². The Hall–Kier alpha value is -1.02. The molecule has 0 aliphatic carbocycles. The molecule has 0 aromatic heterocycles. The third-order valence-electron chi connectivity index (χ3n) is 2.32. The normalized spacial score (nSPS) is 12.9. The second kappa shape index (κ2) is 5.01. The second-order valence-corrected chi connectivity index (χ2v) is 3.94. The van der Waals surface area contributed by atoms with Crippen LogP contribution >= 0.6 is 0 Å². The highest BCUT2D eigenvalue weighted by molar-refractivity contribution is 5.29. The van der Waals surface area contributed by atoms with E-state index in [0.29, 0.717) is 5.92 Å². The highest BCUT2D eigenvalue weighted by atomic mass is 16.5. The largest absolute Gasteiger partial charge is 0.497 e. The number of hydrogen-bond acceptors (Lipinski definition) is 2. The molecule has 1 rings (SSSR count). The van der Waals surface area contributed by atoms with Gasteiger partial charge in [-0.1, -0.05) is 19.1 Å². The van der Waals surface area contributed by atoms with Gasteiger partial charge < -0.3 is 9.64 Å². The highest BCUT2D eigenvalue weighted by Gasteiger charge is 2.06. The number of nitrogens with zero attached hydrogens (tertiary/aromatic N) is 1. The van der Waals surface area contributed by atoms with Gasteiger partial charge in [-0.25, -0.2) is 0 Å². The van der Waals surface area contributed by atoms with Crippen molar-refractivity contribution in [2.75, 3.05) is 27.7 Å². The minimum atomic E-state index is 0.566. The van der Waals surface area contributed by atoms with Crippen molar-refractivity contribution in [1.82, 2.24) is 4.90 Å². The topological polar surface area (TPSA) is 12.5 Å². The van der Waals surface area contributed by atoms with E-state index in [2.05, 4.69) is 38.1 Å². The smallest absolute Gasteiger partial charge is 0.118 e. The molecule has 0 amide bonds. The van der Waals surface area contributed by atoms with E-state index in [1.54, 1.807) is 7.11 Å². The average Bonchev–Trinajstić information content (AvgIpc) is 2.17. The zero-order valence-electron chi connectivity index (χ0n) is 9.45. The van der Waals surface area contributed by atoms with Crippen LogP contribution in [0.25, 0.3) is 0 Å². The van der Waals surface area contributed by atoms with E-state index in [1.807, 2.05) is 12.1 Å². The van der Waals surface area contributed by atoms with Crippen molar-refractivity contribution in [1.29, 1.82) is 0 Å². The zero-order valence-corrected chi connectivity index (χ0v) is 9.45. The van der Waals surface area contributed by atoms with Crippen LogP contribution in [0.1, 0.15) is 18.4 Å². The summed E-state index contributed by atoms with van der Waals surface area (Å²) in [5.74, 6) is 1.49. The van der Waals surface area contributed by atoms with Gasteiger partial charge >= 0.3 is 0 Å². The number of rotatable bonds is 4. The van der Waals surface area contributed by atoms with E-state index >= 15 is 0 Å². The Morgan fingerprint density at radius 1 is 1.21 bits per heavy atom. The highest BCUT2D eigenvalue weighted by Crippen LogP contribution is 2.19. The molecular formula is C12H19NO. The summed E-state index contributed by atoms with van der Waals surface area (Å²) < 4.78 is 5.12. The van der Waals surface area contributed by atoms with Crippen LogP contribution in [-0.2, 0) is 0 Å². The summed E-state index contributed by atoms with van der Waals surface area (Å²) in [5.41, 5.74) is 1.36. The van der Waals surface area contributed by atoms with Crippen molar-refractivity contribution in [2.45, 2.75) is 12.8 Å². The van der Waals surface area contributed by atoms with Gasteiger partial charge in [-0.15, -0.1) is 0 Å². The number of likely N-dealkylation sites (N-methyl/N-ethyl adjacent to an activating group) is 1. The van der Waals surface area contributed by atoms with Gasteiger partial charge in [0.2, 0.25) is 0 Å². The molecule has 0 spiro atoms. The molecule has 2 heteroatoms. The summed E-state index contributed by atoms with van der Waals surface area (Å²) in [7, 11) is 5.89. The fraction of sp³-hybridized carbons (Fsp3) is 0.500. The van der Waals surface area contributed by atoms with Crippen molar-refractivity contribution in [2.24, 2.45) is 0 Å². The van der Waals surface area contributed by atoms with Gasteiger partial charge in [-0.3, -0.25) is 0 Å². The first-order chi connectivity index (χ1) is 6.63. The molecule has 0 heterocycles. The van der Waals surface area contributed by atoms with Crippen LogP contribution in [0.3, 0.4) is 0 Å². The summed E-state index contributed by atoms with van der Waals surface area (Å²) in [5, 5.41) is 0. The van der Waals surface area contributed by atoms with Crippen molar-refractivity contribution < 1.29 is 4.74 Å². The van der Waals surface area contributed by atoms with Gasteiger partial charge in [0.15, 0.2) is 0 Å². The molecular weight excluding hydrogens is 174 g/mol. The Morgan fingerprint density at radius 3 is 2.21 bits per heavy atom. The Kier molecular flexibility index (Phi) is 3.96. The number of methoxy groups -OCH3 is 1. The first-order valence-electron chi connectivity index (χ1n) is 4.92. The average molecular weight is 193 g/mol. The van der Waals surface area contributed by atoms with Crippen molar-refractivity contribution in [3.05, 3.63) is 29.8 Å². The Morgan fingerprint density at radius 2 is 1.79 bits per heavy atom. The Bertz CT molecular complexity index is 266. The van der Waals surface area contributed by atoms with E-state index in [-0.39, 0.29) is 0 Å². The Labute approximate surface area is 86.5 Å². The van der Waals surface area contributed by atoms with Gasteiger partial charge in [-0.2, -0.15) is 0 Å². The Balaban J connectivity index is 2.66. The summed E-state index contributed by atoms with van der Waals surface area (Å²) in [4.78, 5) is 2.20. The SMILES string of the molecule is COc1ccc(C(C)CN(C)C)cc1. The predicted molar refractivity (Wildman–Crippen MR) is 60.0 cm³/mol. The van der Waals surface area contributed by atoms with Crippen molar-refractivity contribution in [3.8, 4) is 5.75 Å². The van der Waals surface area contributed by atoms with Gasteiger partial charge in [-0.05, 0) is 37.7 Å². The third kappa shape index (κ3) is 3.04. The molecule has 0 bridgehead atoms. The third-order valence-corrected chi connectivity index (χ3v) is 2.32. The molecule has 0 N–H and O–H groups in total. The molecule has 1 unspecified atom stereocenters. The molecule has 0 saturated carbocycles. The van der Waals surface area contributed by atoms with Crippen LogP contribution in [0.5, 0.6) is 5.75 Å². The number of ether oxygens (including phenoxy) is 1. The maximum Gasteiger partial charge on any atom is 0.118 e. The van der Waals surface area contributed by atoms with Crippen LogP contribution in [0.4, 0.5) is 0 Å². The first kappa shape index (κ1) is 11.1. The first-order valence-corrected chi connectivity index (χ1v) is 4.92. The standard InChI is InChI=1S/C12H19NO/c1-10(9-13(2)3)11-5-7-12(14-4)8-6-11/h5-8,10H,9H2,1-4H3. The lowest BCUT2D eigenvalue weighted by molar-refractivity contribution is 0.382. The monoisotopic (exact) mass is 193 g/mol. The maximum atomic E-state index is 5.12. The van der Waals surface area contributed by atoms with Gasteiger partial charge in [0.05, 0.1) is 7.11 Å². The van der Waals surface area contributed by atoms with Crippen LogP contribution < -0.4 is 4.74 Å². The lowest BCUT2D eigenvalue weighted by Crippen LogP contribution is -2.18. The van der Waals surface area contributed by atoms with E-state index in [0.717, 1.165) is 12.3 Å². The fourth-order valence-electron chi connectivity index (χ4n) is 1.59. The molecule has 2 nitrogen and oxygen atoms in total. The molecule has 0 aliphatic rings. The lowest BCUT2D eigenvalue weighted by atomic mass is 10.0. The van der Waals surface area contributed by atoms with E-state index in [1.165, 1.54) is 5.56 Å². The predicted octanol–water partition coefficient (Wildman–Crippen LogP) is 2.36. The van der Waals surface area contributed by atoms with E-state index < -0.39 is 0 Å². The van der Waals surface area contributed by atoms with Crippen LogP contribution in [0.15, 0.2) is 24.3 Å². The maximum absolute atomic E-state index is 5.12. The molecule has 0 fully saturated rings. The lowest BCUT2D eigenvalue weighted by Gasteiger charge is -2.17. The minimum Gasteiger partial charge on any atom is -0.497 e. The number of hydrogen-bond donors (Lipinski definition) is 0. The van der Waals surface area contributed by atoms with Crippen molar-refractivity contribution >= 4 is 0 Å². The van der Waals surface area contributed by atoms with E-state index in [9.17, 15) is 0 Å². The molecule has 0 radical (unpaired) electrons. The van der Waals surface area contributed by atoms with Crippen LogP contribution in [0.2, 0.25) is 0 Å². The second-order valence-electron chi connectivity index (χ2n) is 3.94. The molecule has 14 heavy (non-hydrogen) atoms. The molecule has 1 atom stereocenters. The van der Waals surface area contributed by atoms with Crippen LogP contribution in [0, 0.1) is 0 Å². The van der Waals surface area contributed by atoms with Gasteiger partial charge in [0.1, 0.15) is 5.75 Å². The minimum absolute atomic E-state index is 0.566. The summed E-state index contributed by atoms with van der Waals surface area (Å²) in [6.45, 7) is 3.31. The molecule has 78 valence electrons. The fourth-order valence-corrected chi connectivity index (χ4v) is 1.59. The van der Waals surface area contributed by atoms with E-state index in [4.69, 9.17) is 4.74 Å². The molecule has 1 aromatic rings. The summed E-state index contributed by atoms with van der Waals surface area (Å²) in [6, 6.07) is 8.29. The number of benzene rings is 1. The molecule has 1 aromatic carbocycles. The summed E-state index contributed by atoms with van der Waals surface area (Å²) >= 11 is 0. The van der Waals surface area contributed by atoms with Crippen LogP contribution in [-0.4, -0.2) is 32.6 Å². The molecule has 0 aliphatic heterocycles. The van der Waals surface area contributed by atoms with Gasteiger partial charge in [0.25, 0.3) is 0 Å². The zero-order chi connectivity index (χ0) is 10.6. The summed E-state index contributed by atoms with van der Waals surface area (Å²) in [6.07, 6.45) is 0. The quantitative estimate of drug-likeness (QED) is 0.728. The molecule has 0 saturated heterocycles. The van der Waals surface area contributed by atoms with Crippen molar-refractivity contribution in [3.63, 3.8) is 0 Å².